The second-order valence-electron chi connectivity index (χ2n) is 4.66. The van der Waals surface area contributed by atoms with E-state index in [0.29, 0.717) is 11.6 Å². The van der Waals surface area contributed by atoms with E-state index in [9.17, 15) is 9.90 Å². The first-order valence-electron chi connectivity index (χ1n) is 6.10. The molecule has 1 atom stereocenters. The number of fused-ring (bicyclic) bond motifs is 1. The Labute approximate surface area is 96.1 Å². The molecule has 0 fully saturated rings. The van der Waals surface area contributed by atoms with E-state index < -0.39 is 5.97 Å². The minimum absolute atomic E-state index is 0.337. The van der Waals surface area contributed by atoms with E-state index in [1.807, 2.05) is 4.57 Å². The van der Waals surface area contributed by atoms with Gasteiger partial charge >= 0.3 is 5.97 Å². The van der Waals surface area contributed by atoms with Crippen LogP contribution in [-0.2, 0) is 13.0 Å². The summed E-state index contributed by atoms with van der Waals surface area (Å²) in [5, 5.41) is 9.33. The molecule has 0 aliphatic carbocycles. The maximum Gasteiger partial charge on any atom is 0.352 e. The molecule has 2 rings (SSSR count). The first-order valence-corrected chi connectivity index (χ1v) is 6.10. The van der Waals surface area contributed by atoms with Crippen molar-refractivity contribution in [3.05, 3.63) is 23.0 Å². The molecule has 1 aromatic heterocycles. The van der Waals surface area contributed by atoms with Crippen molar-refractivity contribution in [1.29, 1.82) is 0 Å². The molecule has 0 amide bonds. The van der Waals surface area contributed by atoms with Crippen molar-refractivity contribution in [2.75, 3.05) is 0 Å². The van der Waals surface area contributed by atoms with Crippen molar-refractivity contribution < 1.29 is 9.90 Å². The molecule has 1 aromatic rings. The van der Waals surface area contributed by atoms with E-state index in [1.165, 1.54) is 12.1 Å². The van der Waals surface area contributed by atoms with E-state index in [-0.39, 0.29) is 0 Å². The summed E-state index contributed by atoms with van der Waals surface area (Å²) in [6.07, 6.45) is 4.30. The molecule has 16 heavy (non-hydrogen) atoms. The molecule has 1 aliphatic rings. The van der Waals surface area contributed by atoms with E-state index in [4.69, 9.17) is 0 Å². The highest BCUT2D eigenvalue weighted by molar-refractivity contribution is 5.88. The zero-order chi connectivity index (χ0) is 11.7. The predicted octanol–water partition coefficient (Wildman–Crippen LogP) is 3.04. The fraction of sp³-hybridized carbons (Fsp3) is 0.615. The Morgan fingerprint density at radius 2 is 2.31 bits per heavy atom. The first-order chi connectivity index (χ1) is 7.65. The van der Waals surface area contributed by atoms with Gasteiger partial charge in [-0.1, -0.05) is 13.8 Å². The number of carboxylic acid groups (broad SMARTS) is 1. The van der Waals surface area contributed by atoms with Gasteiger partial charge in [-0.3, -0.25) is 0 Å². The molecule has 0 aromatic carbocycles. The Kier molecular flexibility index (Phi) is 3.03. The van der Waals surface area contributed by atoms with E-state index >= 15 is 0 Å². The Balaban J connectivity index is 2.51. The third-order valence-corrected chi connectivity index (χ3v) is 3.62. The van der Waals surface area contributed by atoms with Crippen LogP contribution in [-0.4, -0.2) is 15.6 Å². The zero-order valence-electron chi connectivity index (χ0n) is 9.99. The fourth-order valence-electron chi connectivity index (χ4n) is 2.50. The lowest BCUT2D eigenvalue weighted by molar-refractivity contribution is 0.0682. The molecular weight excluding hydrogens is 202 g/mol. The Morgan fingerprint density at radius 1 is 1.56 bits per heavy atom. The minimum Gasteiger partial charge on any atom is -0.477 e. The number of aromatic nitrogens is 1. The summed E-state index contributed by atoms with van der Waals surface area (Å²) < 4.78 is 2.01. The molecule has 0 saturated heterocycles. The smallest absolute Gasteiger partial charge is 0.352 e. The average molecular weight is 221 g/mol. The summed E-state index contributed by atoms with van der Waals surface area (Å²) in [5.41, 5.74) is 2.76. The molecule has 1 N–H and O–H groups in total. The second-order valence-corrected chi connectivity index (χ2v) is 4.66. The maximum absolute atomic E-state index is 11.4. The zero-order valence-corrected chi connectivity index (χ0v) is 9.99. The van der Waals surface area contributed by atoms with Crippen LogP contribution in [0.25, 0.3) is 0 Å². The third kappa shape index (κ3) is 1.75. The van der Waals surface area contributed by atoms with Gasteiger partial charge in [-0.15, -0.1) is 0 Å². The van der Waals surface area contributed by atoms with Crippen LogP contribution >= 0.6 is 0 Å². The predicted molar refractivity (Wildman–Crippen MR) is 63.0 cm³/mol. The molecule has 3 nitrogen and oxygen atoms in total. The second kappa shape index (κ2) is 4.32. The Bertz CT molecular complexity index is 406. The lowest BCUT2D eigenvalue weighted by Crippen LogP contribution is -2.16. The Morgan fingerprint density at radius 3 is 2.94 bits per heavy atom. The summed E-state index contributed by atoms with van der Waals surface area (Å²) in [6, 6.07) is 2.11. The highest BCUT2D eigenvalue weighted by Crippen LogP contribution is 2.29. The largest absolute Gasteiger partial charge is 0.477 e. The molecule has 0 spiro atoms. The van der Waals surface area contributed by atoms with Gasteiger partial charge in [-0.2, -0.15) is 0 Å². The van der Waals surface area contributed by atoms with Crippen LogP contribution in [0.5, 0.6) is 0 Å². The quantitative estimate of drug-likeness (QED) is 0.852. The average Bonchev–Trinajstić information content (AvgIpc) is 2.67. The SMILES string of the molecule is CCC(C)c1cc2n(c1C(=O)O)CCCC2. The monoisotopic (exact) mass is 221 g/mol. The normalized spacial score (nSPS) is 16.9. The highest BCUT2D eigenvalue weighted by atomic mass is 16.4. The number of hydrogen-bond donors (Lipinski definition) is 1. The van der Waals surface area contributed by atoms with Crippen LogP contribution in [0.4, 0.5) is 0 Å². The summed E-state index contributed by atoms with van der Waals surface area (Å²) in [6.45, 7) is 5.08. The van der Waals surface area contributed by atoms with Gasteiger partial charge in [0.15, 0.2) is 0 Å². The molecule has 2 heterocycles. The van der Waals surface area contributed by atoms with Gasteiger partial charge in [0.2, 0.25) is 0 Å². The van der Waals surface area contributed by atoms with Crippen molar-refractivity contribution in [2.45, 2.75) is 52.0 Å². The van der Waals surface area contributed by atoms with Gasteiger partial charge in [0, 0.05) is 12.2 Å². The third-order valence-electron chi connectivity index (χ3n) is 3.62. The van der Waals surface area contributed by atoms with Crippen molar-refractivity contribution in [3.8, 4) is 0 Å². The van der Waals surface area contributed by atoms with Gasteiger partial charge in [0.05, 0.1) is 0 Å². The van der Waals surface area contributed by atoms with Crippen molar-refractivity contribution in [2.24, 2.45) is 0 Å². The summed E-state index contributed by atoms with van der Waals surface area (Å²) in [7, 11) is 0. The number of aromatic carboxylic acids is 1. The molecule has 3 heteroatoms. The van der Waals surface area contributed by atoms with Gasteiger partial charge in [-0.25, -0.2) is 4.79 Å². The molecule has 1 aliphatic heterocycles. The van der Waals surface area contributed by atoms with Gasteiger partial charge in [0.25, 0.3) is 0 Å². The topological polar surface area (TPSA) is 42.2 Å². The fourth-order valence-corrected chi connectivity index (χ4v) is 2.50. The van der Waals surface area contributed by atoms with Gasteiger partial charge < -0.3 is 9.67 Å². The van der Waals surface area contributed by atoms with Crippen molar-refractivity contribution in [1.82, 2.24) is 4.57 Å². The van der Waals surface area contributed by atoms with Crippen LogP contribution < -0.4 is 0 Å². The molecule has 1 unspecified atom stereocenters. The molecule has 88 valence electrons. The van der Waals surface area contributed by atoms with Crippen LogP contribution in [0.3, 0.4) is 0 Å². The van der Waals surface area contributed by atoms with Crippen LogP contribution in [0.15, 0.2) is 6.07 Å². The first kappa shape index (κ1) is 11.2. The van der Waals surface area contributed by atoms with E-state index in [1.54, 1.807) is 0 Å². The van der Waals surface area contributed by atoms with Crippen molar-refractivity contribution in [3.63, 3.8) is 0 Å². The van der Waals surface area contributed by atoms with Gasteiger partial charge in [0.1, 0.15) is 5.69 Å². The van der Waals surface area contributed by atoms with Gasteiger partial charge in [-0.05, 0) is 43.2 Å². The van der Waals surface area contributed by atoms with Crippen LogP contribution in [0, 0.1) is 0 Å². The lowest BCUT2D eigenvalue weighted by atomic mass is 9.98. The minimum atomic E-state index is -0.775. The summed E-state index contributed by atoms with van der Waals surface area (Å²) in [4.78, 5) is 11.4. The standard InChI is InChI=1S/C13H19NO2/c1-3-9(2)11-8-10-6-4-5-7-14(10)12(11)13(15)16/h8-9H,3-7H2,1-2H3,(H,15,16). The number of aryl methyl sites for hydroxylation is 1. The molecule has 0 bridgehead atoms. The van der Waals surface area contributed by atoms with Crippen LogP contribution in [0.2, 0.25) is 0 Å². The molecule has 0 radical (unpaired) electrons. The van der Waals surface area contributed by atoms with Crippen molar-refractivity contribution >= 4 is 5.97 Å². The number of nitrogens with zero attached hydrogens (tertiary/aromatic N) is 1. The maximum atomic E-state index is 11.4. The number of rotatable bonds is 3. The number of carbonyl (C=O) groups is 1. The van der Waals surface area contributed by atoms with E-state index in [2.05, 4.69) is 19.9 Å². The highest BCUT2D eigenvalue weighted by Gasteiger charge is 2.24. The Hall–Kier alpha value is -1.25. The van der Waals surface area contributed by atoms with E-state index in [0.717, 1.165) is 31.4 Å². The summed E-state index contributed by atoms with van der Waals surface area (Å²) >= 11 is 0. The number of hydrogen-bond acceptors (Lipinski definition) is 1. The molecular formula is C13H19NO2. The lowest BCUT2D eigenvalue weighted by Gasteiger charge is -2.16. The van der Waals surface area contributed by atoms with Crippen LogP contribution in [0.1, 0.15) is 60.8 Å². The number of carboxylic acids is 1. The summed E-state index contributed by atoms with van der Waals surface area (Å²) in [5.74, 6) is -0.437. The molecule has 0 saturated carbocycles.